The zero-order valence-electron chi connectivity index (χ0n) is 12.0. The third kappa shape index (κ3) is 5.87. The Morgan fingerprint density at radius 3 is 2.53 bits per heavy atom. The van der Waals surface area contributed by atoms with Crippen LogP contribution in [0.3, 0.4) is 0 Å². The van der Waals surface area contributed by atoms with E-state index in [2.05, 4.69) is 26.1 Å². The third-order valence-electron chi connectivity index (χ3n) is 4.24. The molecule has 0 spiro atoms. The van der Waals surface area contributed by atoms with E-state index >= 15 is 0 Å². The lowest BCUT2D eigenvalue weighted by atomic mass is 9.92. The highest BCUT2D eigenvalue weighted by molar-refractivity contribution is 4.76. The fraction of sp³-hybridized carbons (Fsp3) is 1.00. The number of hydrogen-bond donors (Lipinski definition) is 1. The SMILES string of the molecule is CCCCC(CC)CNC(C)C1CCOCC1. The smallest absolute Gasteiger partial charge is 0.0469 e. The summed E-state index contributed by atoms with van der Waals surface area (Å²) in [5, 5.41) is 3.76. The Hall–Kier alpha value is -0.0800. The van der Waals surface area contributed by atoms with Gasteiger partial charge < -0.3 is 10.1 Å². The summed E-state index contributed by atoms with van der Waals surface area (Å²) < 4.78 is 5.42. The van der Waals surface area contributed by atoms with Gasteiger partial charge in [-0.15, -0.1) is 0 Å². The quantitative estimate of drug-likeness (QED) is 0.701. The van der Waals surface area contributed by atoms with Gasteiger partial charge in [0.05, 0.1) is 0 Å². The first-order valence-corrected chi connectivity index (χ1v) is 7.59. The lowest BCUT2D eigenvalue weighted by Crippen LogP contribution is -2.39. The van der Waals surface area contributed by atoms with Crippen molar-refractivity contribution >= 4 is 0 Å². The van der Waals surface area contributed by atoms with Gasteiger partial charge in [-0.3, -0.25) is 0 Å². The molecular formula is C15H31NO. The van der Waals surface area contributed by atoms with Gasteiger partial charge in [0.1, 0.15) is 0 Å². The summed E-state index contributed by atoms with van der Waals surface area (Å²) in [6, 6.07) is 0.662. The molecule has 0 saturated carbocycles. The highest BCUT2D eigenvalue weighted by Crippen LogP contribution is 2.19. The highest BCUT2D eigenvalue weighted by Gasteiger charge is 2.20. The van der Waals surface area contributed by atoms with Crippen LogP contribution in [0.2, 0.25) is 0 Å². The van der Waals surface area contributed by atoms with E-state index in [0.29, 0.717) is 6.04 Å². The molecule has 1 saturated heterocycles. The van der Waals surface area contributed by atoms with Crippen molar-refractivity contribution in [2.45, 2.75) is 65.3 Å². The minimum atomic E-state index is 0.662. The maximum atomic E-state index is 5.42. The van der Waals surface area contributed by atoms with Gasteiger partial charge in [0, 0.05) is 19.3 Å². The first-order chi connectivity index (χ1) is 8.27. The van der Waals surface area contributed by atoms with Gasteiger partial charge in [-0.25, -0.2) is 0 Å². The molecule has 1 heterocycles. The molecule has 2 unspecified atom stereocenters. The van der Waals surface area contributed by atoms with Crippen LogP contribution in [0.4, 0.5) is 0 Å². The molecule has 1 aliphatic rings. The van der Waals surface area contributed by atoms with E-state index in [1.54, 1.807) is 0 Å². The van der Waals surface area contributed by atoms with Gasteiger partial charge in [-0.1, -0.05) is 33.1 Å². The van der Waals surface area contributed by atoms with Gasteiger partial charge in [0.2, 0.25) is 0 Å². The Labute approximate surface area is 108 Å². The van der Waals surface area contributed by atoms with E-state index in [1.165, 1.54) is 45.1 Å². The van der Waals surface area contributed by atoms with Crippen LogP contribution >= 0.6 is 0 Å². The Morgan fingerprint density at radius 1 is 1.24 bits per heavy atom. The van der Waals surface area contributed by atoms with Crippen LogP contribution in [0.25, 0.3) is 0 Å². The van der Waals surface area contributed by atoms with Crippen LogP contribution in [-0.2, 0) is 4.74 Å². The van der Waals surface area contributed by atoms with Crippen molar-refractivity contribution in [1.29, 1.82) is 0 Å². The van der Waals surface area contributed by atoms with Crippen LogP contribution in [0.15, 0.2) is 0 Å². The molecule has 0 bridgehead atoms. The Bertz CT molecular complexity index is 178. The summed E-state index contributed by atoms with van der Waals surface area (Å²) in [7, 11) is 0. The monoisotopic (exact) mass is 241 g/mol. The molecule has 1 aliphatic heterocycles. The van der Waals surface area contributed by atoms with Crippen LogP contribution in [0.1, 0.15) is 59.3 Å². The largest absolute Gasteiger partial charge is 0.381 e. The predicted octanol–water partition coefficient (Wildman–Crippen LogP) is 3.61. The topological polar surface area (TPSA) is 21.3 Å². The number of hydrogen-bond acceptors (Lipinski definition) is 2. The van der Waals surface area contributed by atoms with E-state index in [1.807, 2.05) is 0 Å². The van der Waals surface area contributed by atoms with E-state index in [0.717, 1.165) is 25.0 Å². The minimum Gasteiger partial charge on any atom is -0.381 e. The van der Waals surface area contributed by atoms with Crippen molar-refractivity contribution in [3.05, 3.63) is 0 Å². The molecule has 0 radical (unpaired) electrons. The first-order valence-electron chi connectivity index (χ1n) is 7.59. The van der Waals surface area contributed by atoms with Crippen molar-refractivity contribution < 1.29 is 4.74 Å². The minimum absolute atomic E-state index is 0.662. The maximum absolute atomic E-state index is 5.42. The van der Waals surface area contributed by atoms with E-state index in [4.69, 9.17) is 4.74 Å². The average Bonchev–Trinajstić information content (AvgIpc) is 2.39. The van der Waals surface area contributed by atoms with Crippen molar-refractivity contribution in [3.63, 3.8) is 0 Å². The molecule has 1 fully saturated rings. The van der Waals surface area contributed by atoms with Gasteiger partial charge in [0.25, 0.3) is 0 Å². The molecule has 0 aliphatic carbocycles. The Morgan fingerprint density at radius 2 is 1.94 bits per heavy atom. The Kier molecular flexibility index (Phi) is 7.87. The molecule has 102 valence electrons. The summed E-state index contributed by atoms with van der Waals surface area (Å²) in [5.74, 6) is 1.70. The fourth-order valence-corrected chi connectivity index (χ4v) is 2.68. The van der Waals surface area contributed by atoms with E-state index in [9.17, 15) is 0 Å². The molecule has 2 atom stereocenters. The van der Waals surface area contributed by atoms with Crippen molar-refractivity contribution in [3.8, 4) is 0 Å². The molecule has 0 aromatic carbocycles. The number of unbranched alkanes of at least 4 members (excludes halogenated alkanes) is 1. The summed E-state index contributed by atoms with van der Waals surface area (Å²) in [4.78, 5) is 0. The van der Waals surface area contributed by atoms with E-state index < -0.39 is 0 Å². The van der Waals surface area contributed by atoms with Crippen molar-refractivity contribution in [2.75, 3.05) is 19.8 Å². The van der Waals surface area contributed by atoms with Gasteiger partial charge in [-0.2, -0.15) is 0 Å². The summed E-state index contributed by atoms with van der Waals surface area (Å²) >= 11 is 0. The molecule has 1 N–H and O–H groups in total. The standard InChI is InChI=1S/C15H31NO/c1-4-6-7-14(5-2)12-16-13(3)15-8-10-17-11-9-15/h13-16H,4-12H2,1-3H3. The second kappa shape index (κ2) is 8.93. The third-order valence-corrected chi connectivity index (χ3v) is 4.24. The van der Waals surface area contributed by atoms with Crippen LogP contribution in [-0.4, -0.2) is 25.8 Å². The zero-order chi connectivity index (χ0) is 12.5. The van der Waals surface area contributed by atoms with E-state index in [-0.39, 0.29) is 0 Å². The summed E-state index contributed by atoms with van der Waals surface area (Å²) in [6.45, 7) is 10.1. The molecule has 2 heteroatoms. The predicted molar refractivity (Wildman–Crippen MR) is 74.3 cm³/mol. The lowest BCUT2D eigenvalue weighted by Gasteiger charge is -2.29. The number of nitrogens with one attached hydrogen (secondary N) is 1. The fourth-order valence-electron chi connectivity index (χ4n) is 2.68. The van der Waals surface area contributed by atoms with Gasteiger partial charge in [-0.05, 0) is 44.6 Å². The highest BCUT2D eigenvalue weighted by atomic mass is 16.5. The maximum Gasteiger partial charge on any atom is 0.0469 e. The molecule has 0 aromatic heterocycles. The first kappa shape index (κ1) is 15.0. The summed E-state index contributed by atoms with van der Waals surface area (Å²) in [6.07, 6.45) is 7.88. The lowest BCUT2D eigenvalue weighted by molar-refractivity contribution is 0.0554. The van der Waals surface area contributed by atoms with Crippen molar-refractivity contribution in [2.24, 2.45) is 11.8 Å². The summed E-state index contributed by atoms with van der Waals surface area (Å²) in [5.41, 5.74) is 0. The van der Waals surface area contributed by atoms with Crippen LogP contribution in [0.5, 0.6) is 0 Å². The second-order valence-corrected chi connectivity index (χ2v) is 5.56. The van der Waals surface area contributed by atoms with Crippen molar-refractivity contribution in [1.82, 2.24) is 5.32 Å². The molecule has 0 aromatic rings. The number of ether oxygens (including phenoxy) is 1. The normalized spacial score (nSPS) is 21.4. The molecule has 17 heavy (non-hydrogen) atoms. The second-order valence-electron chi connectivity index (χ2n) is 5.56. The number of rotatable bonds is 8. The average molecular weight is 241 g/mol. The molecular weight excluding hydrogens is 210 g/mol. The zero-order valence-corrected chi connectivity index (χ0v) is 12.0. The molecule has 1 rings (SSSR count). The van der Waals surface area contributed by atoms with Gasteiger partial charge in [0.15, 0.2) is 0 Å². The molecule has 0 amide bonds. The Balaban J connectivity index is 2.17. The van der Waals surface area contributed by atoms with Crippen LogP contribution in [0, 0.1) is 11.8 Å². The van der Waals surface area contributed by atoms with Gasteiger partial charge >= 0.3 is 0 Å². The van der Waals surface area contributed by atoms with Crippen LogP contribution < -0.4 is 5.32 Å². The molecule has 2 nitrogen and oxygen atoms in total.